The van der Waals surface area contributed by atoms with Crippen molar-refractivity contribution in [1.29, 1.82) is 0 Å². The molecule has 1 unspecified atom stereocenters. The number of rotatable bonds is 10. The summed E-state index contributed by atoms with van der Waals surface area (Å²) in [4.78, 5) is 45.8. The molecule has 4 amide bonds. The van der Waals surface area contributed by atoms with E-state index in [4.69, 9.17) is 16.3 Å². The summed E-state index contributed by atoms with van der Waals surface area (Å²) in [6.07, 6.45) is 1.17. The van der Waals surface area contributed by atoms with E-state index in [1.807, 2.05) is 24.3 Å². The summed E-state index contributed by atoms with van der Waals surface area (Å²) >= 11 is 6.01. The number of benzene rings is 2. The molecular weight excluding hydrogens is 567 g/mol. The molecule has 0 bridgehead atoms. The van der Waals surface area contributed by atoms with E-state index in [0.29, 0.717) is 31.0 Å². The molecular formula is C29H34ClFN6O5. The molecule has 0 saturated carbocycles. The normalized spacial score (nSPS) is 15.6. The Hall–Kier alpha value is -4.00. The van der Waals surface area contributed by atoms with Crippen molar-refractivity contribution < 1.29 is 28.6 Å². The number of halogens is 2. The fourth-order valence-corrected chi connectivity index (χ4v) is 4.81. The molecule has 42 heavy (non-hydrogen) atoms. The molecule has 3 aromatic rings. The Morgan fingerprint density at radius 1 is 1.24 bits per heavy atom. The molecule has 2 aromatic carbocycles. The van der Waals surface area contributed by atoms with Crippen LogP contribution in [0.3, 0.4) is 0 Å². The molecule has 0 aliphatic carbocycles. The van der Waals surface area contributed by atoms with E-state index in [9.17, 15) is 23.9 Å². The van der Waals surface area contributed by atoms with Crippen molar-refractivity contribution in [3.05, 3.63) is 71.1 Å². The monoisotopic (exact) mass is 600 g/mol. The van der Waals surface area contributed by atoms with Crippen LogP contribution >= 0.6 is 11.6 Å². The SMILES string of the molecule is CN(C(=O)NCc1cccc(F)c1Cl)[C@@H](CCC(=O)N1CCNC(CO)C1)COC(=O)Nc1cc2ccccc2cn1. The maximum Gasteiger partial charge on any atom is 0.412 e. The van der Waals surface area contributed by atoms with Crippen molar-refractivity contribution in [2.45, 2.75) is 31.5 Å². The summed E-state index contributed by atoms with van der Waals surface area (Å²) in [6.45, 7) is 1.14. The van der Waals surface area contributed by atoms with Gasteiger partial charge in [-0.15, -0.1) is 0 Å². The Bertz CT molecular complexity index is 1410. The van der Waals surface area contributed by atoms with Crippen LogP contribution in [0.25, 0.3) is 10.8 Å². The van der Waals surface area contributed by atoms with E-state index < -0.39 is 24.0 Å². The largest absolute Gasteiger partial charge is 0.447 e. The van der Waals surface area contributed by atoms with Gasteiger partial charge in [0.15, 0.2) is 0 Å². The molecule has 224 valence electrons. The molecule has 2 atom stereocenters. The maximum absolute atomic E-state index is 13.8. The van der Waals surface area contributed by atoms with Crippen molar-refractivity contribution in [2.24, 2.45) is 0 Å². The van der Waals surface area contributed by atoms with Gasteiger partial charge in [0.2, 0.25) is 5.91 Å². The lowest BCUT2D eigenvalue weighted by atomic mass is 10.1. The lowest BCUT2D eigenvalue weighted by molar-refractivity contribution is -0.133. The predicted molar refractivity (Wildman–Crippen MR) is 157 cm³/mol. The van der Waals surface area contributed by atoms with Gasteiger partial charge in [0.05, 0.1) is 17.7 Å². The molecule has 11 nitrogen and oxygen atoms in total. The second-order valence-corrected chi connectivity index (χ2v) is 10.4. The topological polar surface area (TPSA) is 136 Å². The predicted octanol–water partition coefficient (Wildman–Crippen LogP) is 3.36. The number of aliphatic hydroxyl groups is 1. The quantitative estimate of drug-likeness (QED) is 0.280. The van der Waals surface area contributed by atoms with Gasteiger partial charge in [-0.3, -0.25) is 10.1 Å². The highest BCUT2D eigenvalue weighted by Gasteiger charge is 2.27. The van der Waals surface area contributed by atoms with Crippen LogP contribution in [0.4, 0.5) is 19.8 Å². The minimum absolute atomic E-state index is 0.0241. The van der Waals surface area contributed by atoms with Gasteiger partial charge in [-0.2, -0.15) is 0 Å². The van der Waals surface area contributed by atoms with Crippen molar-refractivity contribution in [2.75, 3.05) is 45.2 Å². The van der Waals surface area contributed by atoms with E-state index >= 15 is 0 Å². The van der Waals surface area contributed by atoms with Gasteiger partial charge >= 0.3 is 12.1 Å². The third-order valence-corrected chi connectivity index (χ3v) is 7.54. The van der Waals surface area contributed by atoms with E-state index in [1.54, 1.807) is 23.2 Å². The Kier molecular flexibility index (Phi) is 10.9. The summed E-state index contributed by atoms with van der Waals surface area (Å²) in [6, 6.07) is 12.2. The number of nitrogens with zero attached hydrogens (tertiary/aromatic N) is 3. The highest BCUT2D eigenvalue weighted by atomic mass is 35.5. The molecule has 1 aromatic heterocycles. The average molecular weight is 601 g/mol. The van der Waals surface area contributed by atoms with Crippen molar-refractivity contribution in [3.8, 4) is 0 Å². The average Bonchev–Trinajstić information content (AvgIpc) is 3.01. The van der Waals surface area contributed by atoms with Gasteiger partial charge in [0.1, 0.15) is 18.2 Å². The number of likely N-dealkylation sites (N-methyl/N-ethyl adjacent to an activating group) is 1. The molecule has 2 heterocycles. The zero-order valence-corrected chi connectivity index (χ0v) is 23.9. The number of carbonyl (C=O) groups excluding carboxylic acids is 3. The zero-order chi connectivity index (χ0) is 30.1. The summed E-state index contributed by atoms with van der Waals surface area (Å²) in [5, 5.41) is 19.6. The summed E-state index contributed by atoms with van der Waals surface area (Å²) in [5.74, 6) is -0.421. The van der Waals surface area contributed by atoms with Gasteiger partial charge in [0.25, 0.3) is 0 Å². The first-order valence-electron chi connectivity index (χ1n) is 13.6. The van der Waals surface area contributed by atoms with Crippen LogP contribution in [0.5, 0.6) is 0 Å². The molecule has 1 aliphatic rings. The van der Waals surface area contributed by atoms with Crippen LogP contribution in [0.1, 0.15) is 18.4 Å². The molecule has 13 heteroatoms. The van der Waals surface area contributed by atoms with E-state index in [-0.39, 0.29) is 49.6 Å². The molecule has 1 saturated heterocycles. The fraction of sp³-hybridized carbons (Fsp3) is 0.379. The number of piperazine rings is 1. The van der Waals surface area contributed by atoms with Crippen molar-refractivity contribution >= 4 is 46.2 Å². The first-order valence-corrected chi connectivity index (χ1v) is 14.0. The maximum atomic E-state index is 13.8. The fourth-order valence-electron chi connectivity index (χ4n) is 4.62. The summed E-state index contributed by atoms with van der Waals surface area (Å²) in [5.41, 5.74) is 0.404. The third-order valence-electron chi connectivity index (χ3n) is 7.12. The minimum Gasteiger partial charge on any atom is -0.447 e. The number of anilines is 1. The Morgan fingerprint density at radius 3 is 2.81 bits per heavy atom. The van der Waals surface area contributed by atoms with E-state index in [1.165, 1.54) is 24.1 Å². The number of urea groups is 1. The molecule has 4 N–H and O–H groups in total. The van der Waals surface area contributed by atoms with Gasteiger partial charge in [-0.05, 0) is 29.5 Å². The molecule has 0 spiro atoms. The highest BCUT2D eigenvalue weighted by Crippen LogP contribution is 2.20. The summed E-state index contributed by atoms with van der Waals surface area (Å²) in [7, 11) is 1.52. The summed E-state index contributed by atoms with van der Waals surface area (Å²) < 4.78 is 19.3. The number of hydrogen-bond acceptors (Lipinski definition) is 7. The van der Waals surface area contributed by atoms with Crippen LogP contribution in [0.15, 0.2) is 54.7 Å². The van der Waals surface area contributed by atoms with Gasteiger partial charge in [0, 0.05) is 57.3 Å². The Morgan fingerprint density at radius 2 is 2.02 bits per heavy atom. The van der Waals surface area contributed by atoms with Crippen LogP contribution < -0.4 is 16.0 Å². The van der Waals surface area contributed by atoms with Gasteiger partial charge < -0.3 is 30.3 Å². The third kappa shape index (κ3) is 8.28. The van der Waals surface area contributed by atoms with Gasteiger partial charge in [-0.25, -0.2) is 19.0 Å². The van der Waals surface area contributed by atoms with Crippen molar-refractivity contribution in [1.82, 2.24) is 25.4 Å². The number of ether oxygens (including phenoxy) is 1. The van der Waals surface area contributed by atoms with Crippen LogP contribution in [0, 0.1) is 5.82 Å². The van der Waals surface area contributed by atoms with E-state index in [2.05, 4.69) is 20.9 Å². The first-order chi connectivity index (χ1) is 20.2. The smallest absolute Gasteiger partial charge is 0.412 e. The number of hydrogen-bond donors (Lipinski definition) is 4. The number of carbonyl (C=O) groups is 3. The van der Waals surface area contributed by atoms with E-state index in [0.717, 1.165) is 10.8 Å². The van der Waals surface area contributed by atoms with Crippen LogP contribution in [0.2, 0.25) is 5.02 Å². The highest BCUT2D eigenvalue weighted by molar-refractivity contribution is 6.31. The number of amides is 4. The van der Waals surface area contributed by atoms with Crippen LogP contribution in [-0.2, 0) is 16.1 Å². The lowest BCUT2D eigenvalue weighted by Gasteiger charge is -2.34. The molecule has 4 rings (SSSR count). The number of pyridine rings is 1. The Balaban J connectivity index is 1.38. The molecule has 0 radical (unpaired) electrons. The molecule has 1 aliphatic heterocycles. The van der Waals surface area contributed by atoms with Crippen molar-refractivity contribution in [3.63, 3.8) is 0 Å². The first kappa shape index (κ1) is 30.9. The van der Waals surface area contributed by atoms with Crippen LogP contribution in [-0.4, -0.2) is 89.9 Å². The second kappa shape index (κ2) is 14.8. The number of nitrogens with one attached hydrogen (secondary N) is 3. The second-order valence-electron chi connectivity index (χ2n) is 9.99. The zero-order valence-electron chi connectivity index (χ0n) is 23.2. The number of fused-ring (bicyclic) bond motifs is 1. The standard InChI is InChI=1S/C29H34ClFN6O5/c1-36(28(40)34-15-21-7-4-8-24(31)27(21)30)23(9-10-26(39)37-12-11-32-22(16-37)17-38)18-42-29(41)35-25-13-19-5-2-3-6-20(19)14-33-25/h2-8,13-14,22-23,32,38H,9-12,15-18H2,1H3,(H,34,40)(H,33,35,41)/t22?,23-/m0/s1. The lowest BCUT2D eigenvalue weighted by Crippen LogP contribution is -2.54. The number of aromatic nitrogens is 1. The van der Waals surface area contributed by atoms with Gasteiger partial charge in [-0.1, -0.05) is 48.0 Å². The minimum atomic E-state index is -0.762. The number of aliphatic hydroxyl groups excluding tert-OH is 1. The molecule has 1 fully saturated rings. The Labute approximate surface area is 248 Å².